The summed E-state index contributed by atoms with van der Waals surface area (Å²) in [5.74, 6) is 0.394. The van der Waals surface area contributed by atoms with Crippen LogP contribution in [0.1, 0.15) is 27.2 Å². The zero-order valence-corrected chi connectivity index (χ0v) is 12.4. The van der Waals surface area contributed by atoms with E-state index in [4.69, 9.17) is 5.73 Å². The molecule has 21 heavy (non-hydrogen) atoms. The Morgan fingerprint density at radius 2 is 2.10 bits per heavy atom. The molecule has 0 radical (unpaired) electrons. The second kappa shape index (κ2) is 4.17. The highest BCUT2D eigenvalue weighted by Gasteiger charge is 2.50. The number of rotatable bonds is 2. The van der Waals surface area contributed by atoms with Gasteiger partial charge in [0.15, 0.2) is 0 Å². The van der Waals surface area contributed by atoms with E-state index < -0.39 is 11.1 Å². The minimum absolute atomic E-state index is 0.0429. The Morgan fingerprint density at radius 3 is 2.67 bits per heavy atom. The quantitative estimate of drug-likeness (QED) is 0.674. The first-order valence-electron chi connectivity index (χ1n) is 6.94. The van der Waals surface area contributed by atoms with Crippen LogP contribution in [0.5, 0.6) is 0 Å². The van der Waals surface area contributed by atoms with E-state index in [1.54, 1.807) is 28.9 Å². The molecule has 1 aliphatic heterocycles. The van der Waals surface area contributed by atoms with E-state index in [2.05, 4.69) is 5.10 Å². The van der Waals surface area contributed by atoms with Crippen molar-refractivity contribution in [2.75, 3.05) is 11.4 Å². The monoisotopic (exact) mass is 289 g/mol. The van der Waals surface area contributed by atoms with Crippen molar-refractivity contribution in [2.45, 2.75) is 38.3 Å². The molecular weight excluding hydrogens is 270 g/mol. The van der Waals surface area contributed by atoms with E-state index in [9.17, 15) is 10.1 Å². The fourth-order valence-corrected chi connectivity index (χ4v) is 2.94. The van der Waals surface area contributed by atoms with Gasteiger partial charge in [0.1, 0.15) is 5.52 Å². The number of fused-ring (bicyclic) bond motifs is 1. The van der Waals surface area contributed by atoms with E-state index in [1.165, 1.54) is 0 Å². The molecule has 2 N–H and O–H groups in total. The molecule has 0 bridgehead atoms. The summed E-state index contributed by atoms with van der Waals surface area (Å²) in [5.41, 5.74) is 6.07. The summed E-state index contributed by atoms with van der Waals surface area (Å²) >= 11 is 0. The lowest BCUT2D eigenvalue weighted by Crippen LogP contribution is -2.57. The van der Waals surface area contributed by atoms with Gasteiger partial charge in [-0.05, 0) is 39.3 Å². The number of nitrogens with two attached hydrogens (primary N) is 1. The zero-order chi connectivity index (χ0) is 15.4. The molecule has 7 nitrogen and oxygen atoms in total. The van der Waals surface area contributed by atoms with E-state index >= 15 is 0 Å². The third kappa shape index (κ3) is 1.80. The van der Waals surface area contributed by atoms with Gasteiger partial charge in [0.05, 0.1) is 10.5 Å². The molecule has 7 heteroatoms. The summed E-state index contributed by atoms with van der Waals surface area (Å²) in [6.07, 6.45) is 2.49. The van der Waals surface area contributed by atoms with Gasteiger partial charge in [-0.1, -0.05) is 6.07 Å². The fourth-order valence-electron chi connectivity index (χ4n) is 2.94. The minimum atomic E-state index is -0.420. The fraction of sp³-hybridized carbons (Fsp3) is 0.500. The highest BCUT2D eigenvalue weighted by Crippen LogP contribution is 2.43. The Balaban J connectivity index is 2.22. The lowest BCUT2D eigenvalue weighted by Gasteiger charge is -2.40. The molecular formula is C14H19N5O2. The van der Waals surface area contributed by atoms with Crippen LogP contribution in [-0.2, 0) is 0 Å². The molecule has 0 saturated carbocycles. The molecule has 3 rings (SSSR count). The standard InChI is InChI=1S/C14H19N5O2/c1-13(2)14(3,15)7-9-17(13)12-11(19(20)21)10-6-4-5-8-18(10)16-12/h4-6,8H,7,9,15H2,1-3H3. The van der Waals surface area contributed by atoms with E-state index in [1.807, 2.05) is 25.7 Å². The first-order chi connectivity index (χ1) is 9.75. The molecule has 2 aromatic heterocycles. The van der Waals surface area contributed by atoms with Crippen LogP contribution in [-0.4, -0.2) is 32.2 Å². The van der Waals surface area contributed by atoms with E-state index in [0.29, 0.717) is 17.9 Å². The van der Waals surface area contributed by atoms with Crippen LogP contribution in [0.25, 0.3) is 5.52 Å². The van der Waals surface area contributed by atoms with Gasteiger partial charge in [0.2, 0.25) is 5.82 Å². The lowest BCUT2D eigenvalue weighted by atomic mass is 9.83. The molecule has 1 fully saturated rings. The highest BCUT2D eigenvalue weighted by atomic mass is 16.6. The van der Waals surface area contributed by atoms with Crippen molar-refractivity contribution in [1.82, 2.24) is 9.61 Å². The predicted molar refractivity (Wildman–Crippen MR) is 80.5 cm³/mol. The molecule has 0 amide bonds. The van der Waals surface area contributed by atoms with Gasteiger partial charge in [-0.3, -0.25) is 10.1 Å². The Labute approximate surface area is 122 Å². The first-order valence-corrected chi connectivity index (χ1v) is 6.94. The third-order valence-electron chi connectivity index (χ3n) is 4.86. The van der Waals surface area contributed by atoms with Crippen LogP contribution < -0.4 is 10.6 Å². The summed E-state index contributed by atoms with van der Waals surface area (Å²) in [4.78, 5) is 13.1. The summed E-state index contributed by atoms with van der Waals surface area (Å²) in [6.45, 7) is 6.65. The smallest absolute Gasteiger partial charge is 0.338 e. The van der Waals surface area contributed by atoms with Crippen molar-refractivity contribution in [3.63, 3.8) is 0 Å². The summed E-state index contributed by atoms with van der Waals surface area (Å²) in [7, 11) is 0. The van der Waals surface area contributed by atoms with Gasteiger partial charge < -0.3 is 10.6 Å². The van der Waals surface area contributed by atoms with Crippen molar-refractivity contribution < 1.29 is 4.92 Å². The predicted octanol–water partition coefficient (Wildman–Crippen LogP) is 1.95. The largest absolute Gasteiger partial charge is 0.342 e. The van der Waals surface area contributed by atoms with Crippen LogP contribution >= 0.6 is 0 Å². The van der Waals surface area contributed by atoms with Crippen molar-refractivity contribution in [3.8, 4) is 0 Å². The van der Waals surface area contributed by atoms with Crippen molar-refractivity contribution >= 4 is 17.0 Å². The maximum atomic E-state index is 11.5. The number of hydrogen-bond donors (Lipinski definition) is 1. The van der Waals surface area contributed by atoms with Gasteiger partial charge >= 0.3 is 5.69 Å². The van der Waals surface area contributed by atoms with Gasteiger partial charge in [0, 0.05) is 18.3 Å². The third-order valence-corrected chi connectivity index (χ3v) is 4.86. The molecule has 2 aromatic rings. The van der Waals surface area contributed by atoms with Crippen molar-refractivity contribution in [1.29, 1.82) is 0 Å². The SMILES string of the molecule is CC1(N)CCN(c2nn3ccccc3c2[N+](=O)[O-])C1(C)C. The van der Waals surface area contributed by atoms with Gasteiger partial charge in [0.25, 0.3) is 0 Å². The first kappa shape index (κ1) is 13.8. The van der Waals surface area contributed by atoms with E-state index in [-0.39, 0.29) is 10.6 Å². The molecule has 112 valence electrons. The Morgan fingerprint density at radius 1 is 1.38 bits per heavy atom. The number of anilines is 1. The van der Waals surface area contributed by atoms with Crippen molar-refractivity contribution in [2.24, 2.45) is 5.73 Å². The molecule has 0 aliphatic carbocycles. The van der Waals surface area contributed by atoms with Gasteiger partial charge in [-0.2, -0.15) is 0 Å². The Bertz CT molecular complexity index is 719. The average Bonchev–Trinajstić information content (AvgIpc) is 2.85. The Hall–Kier alpha value is -2.15. The maximum Gasteiger partial charge on any atom is 0.338 e. The molecule has 1 atom stereocenters. The van der Waals surface area contributed by atoms with Crippen LogP contribution in [0.15, 0.2) is 24.4 Å². The zero-order valence-electron chi connectivity index (χ0n) is 12.4. The molecule has 1 unspecified atom stereocenters. The number of aromatic nitrogens is 2. The van der Waals surface area contributed by atoms with Gasteiger partial charge in [-0.15, -0.1) is 5.10 Å². The Kier molecular flexibility index (Phi) is 2.75. The topological polar surface area (TPSA) is 89.7 Å². The second-order valence-corrected chi connectivity index (χ2v) is 6.34. The van der Waals surface area contributed by atoms with Crippen LogP contribution in [0.3, 0.4) is 0 Å². The average molecular weight is 289 g/mol. The number of hydrogen-bond acceptors (Lipinski definition) is 5. The molecule has 1 aliphatic rings. The summed E-state index contributed by atoms with van der Waals surface area (Å²) < 4.78 is 1.55. The normalized spacial score (nSPS) is 24.7. The molecule has 0 spiro atoms. The molecule has 0 aromatic carbocycles. The molecule has 1 saturated heterocycles. The van der Waals surface area contributed by atoms with Crippen LogP contribution in [0.2, 0.25) is 0 Å². The lowest BCUT2D eigenvalue weighted by molar-refractivity contribution is -0.382. The highest BCUT2D eigenvalue weighted by molar-refractivity contribution is 5.78. The van der Waals surface area contributed by atoms with Crippen LogP contribution in [0, 0.1) is 10.1 Å². The minimum Gasteiger partial charge on any atom is -0.342 e. The molecule has 3 heterocycles. The van der Waals surface area contributed by atoms with Crippen LogP contribution in [0.4, 0.5) is 11.5 Å². The van der Waals surface area contributed by atoms with Gasteiger partial charge in [-0.25, -0.2) is 4.52 Å². The maximum absolute atomic E-state index is 11.5. The second-order valence-electron chi connectivity index (χ2n) is 6.34. The number of pyridine rings is 1. The summed E-state index contributed by atoms with van der Waals surface area (Å²) in [6, 6.07) is 5.28. The number of nitro groups is 1. The summed E-state index contributed by atoms with van der Waals surface area (Å²) in [5, 5.41) is 15.9. The van der Waals surface area contributed by atoms with Crippen molar-refractivity contribution in [3.05, 3.63) is 34.5 Å². The number of nitrogens with zero attached hydrogens (tertiary/aromatic N) is 4. The van der Waals surface area contributed by atoms with E-state index in [0.717, 1.165) is 6.42 Å².